The molecule has 0 fully saturated rings. The number of benzene rings is 2. The largest absolute Gasteiger partial charge is 0.416 e. The number of anilines is 2. The Hall–Kier alpha value is -2.39. The number of nitrogens with zero attached hydrogens (tertiary/aromatic N) is 2. The van der Waals surface area contributed by atoms with Crippen LogP contribution < -0.4 is 10.6 Å². The summed E-state index contributed by atoms with van der Waals surface area (Å²) in [4.78, 5) is 0. The first-order valence-corrected chi connectivity index (χ1v) is 9.87. The van der Waals surface area contributed by atoms with Gasteiger partial charge in [0.2, 0.25) is 0 Å². The minimum Gasteiger partial charge on any atom is -0.332 e. The maximum Gasteiger partial charge on any atom is 0.416 e. The Bertz CT molecular complexity index is 1050. The lowest BCUT2D eigenvalue weighted by molar-refractivity contribution is -0.137. The van der Waals surface area contributed by atoms with Gasteiger partial charge in [0.25, 0.3) is 0 Å². The van der Waals surface area contributed by atoms with Crippen molar-refractivity contribution in [2.24, 2.45) is 0 Å². The summed E-state index contributed by atoms with van der Waals surface area (Å²) in [5.41, 5.74) is 3.22. The molecule has 0 unspecified atom stereocenters. The molecule has 0 aliphatic heterocycles. The number of aromatic nitrogens is 2. The molecule has 152 valence electrons. The van der Waals surface area contributed by atoms with Crippen molar-refractivity contribution in [1.29, 1.82) is 0 Å². The van der Waals surface area contributed by atoms with E-state index in [1.54, 1.807) is 0 Å². The third-order valence-electron chi connectivity index (χ3n) is 4.26. The fourth-order valence-corrected chi connectivity index (χ4v) is 3.34. The lowest BCUT2D eigenvalue weighted by atomic mass is 10.2. The van der Waals surface area contributed by atoms with Crippen molar-refractivity contribution >= 4 is 44.6 Å². The number of rotatable bonds is 4. The van der Waals surface area contributed by atoms with Crippen molar-refractivity contribution in [3.63, 3.8) is 0 Å². The first-order valence-electron chi connectivity index (χ1n) is 8.67. The molecule has 9 heteroatoms. The van der Waals surface area contributed by atoms with Gasteiger partial charge < -0.3 is 10.6 Å². The second kappa shape index (κ2) is 8.54. The first-order chi connectivity index (χ1) is 13.6. The maximum atomic E-state index is 12.8. The summed E-state index contributed by atoms with van der Waals surface area (Å²) in [6, 6.07) is 12.5. The molecular formula is C20H18BrF3N4S. The van der Waals surface area contributed by atoms with Crippen LogP contribution in [0.25, 0.3) is 0 Å². The van der Waals surface area contributed by atoms with Gasteiger partial charge in [-0.15, -0.1) is 0 Å². The highest BCUT2D eigenvalue weighted by atomic mass is 79.9. The van der Waals surface area contributed by atoms with Gasteiger partial charge in [0.05, 0.1) is 28.0 Å². The van der Waals surface area contributed by atoms with Crippen LogP contribution in [0.5, 0.6) is 0 Å². The van der Waals surface area contributed by atoms with Crippen LogP contribution >= 0.6 is 28.1 Å². The number of hydrogen-bond acceptors (Lipinski definition) is 2. The van der Waals surface area contributed by atoms with Gasteiger partial charge in [-0.1, -0.05) is 18.2 Å². The van der Waals surface area contributed by atoms with E-state index in [0.717, 1.165) is 39.2 Å². The summed E-state index contributed by atoms with van der Waals surface area (Å²) in [7, 11) is 0. The molecule has 2 N–H and O–H groups in total. The van der Waals surface area contributed by atoms with E-state index in [-0.39, 0.29) is 10.8 Å². The fourth-order valence-electron chi connectivity index (χ4n) is 2.82. The third-order valence-corrected chi connectivity index (χ3v) is 5.61. The minimum absolute atomic E-state index is 0.204. The highest BCUT2D eigenvalue weighted by Gasteiger charge is 2.30. The normalized spacial score (nSPS) is 11.4. The molecule has 0 aliphatic rings. The van der Waals surface area contributed by atoms with Gasteiger partial charge in [-0.3, -0.25) is 4.68 Å². The van der Waals surface area contributed by atoms with E-state index < -0.39 is 11.7 Å². The van der Waals surface area contributed by atoms with E-state index in [4.69, 9.17) is 12.2 Å². The summed E-state index contributed by atoms with van der Waals surface area (Å²) in [5, 5.41) is 10.5. The predicted octanol–water partition coefficient (Wildman–Crippen LogP) is 6.14. The fraction of sp³-hybridized carbons (Fsp3) is 0.200. The van der Waals surface area contributed by atoms with Gasteiger partial charge in [0.15, 0.2) is 5.11 Å². The summed E-state index contributed by atoms with van der Waals surface area (Å²) >= 11 is 8.76. The Kier molecular flexibility index (Phi) is 6.28. The third kappa shape index (κ3) is 5.36. The van der Waals surface area contributed by atoms with Gasteiger partial charge in [-0.05, 0) is 77.9 Å². The summed E-state index contributed by atoms with van der Waals surface area (Å²) in [5.74, 6) is 0. The van der Waals surface area contributed by atoms with Crippen molar-refractivity contribution in [2.75, 3.05) is 10.6 Å². The van der Waals surface area contributed by atoms with Crippen LogP contribution in [0.15, 0.2) is 53.0 Å². The molecule has 1 heterocycles. The Morgan fingerprint density at radius 3 is 2.28 bits per heavy atom. The highest BCUT2D eigenvalue weighted by Crippen LogP contribution is 2.30. The molecule has 0 spiro atoms. The van der Waals surface area contributed by atoms with E-state index in [9.17, 15) is 13.2 Å². The summed E-state index contributed by atoms with van der Waals surface area (Å²) in [6.07, 6.45) is -4.40. The molecule has 4 nitrogen and oxygen atoms in total. The number of thiocarbonyl (C=S) groups is 1. The van der Waals surface area contributed by atoms with Crippen molar-refractivity contribution < 1.29 is 13.2 Å². The second-order valence-corrected chi connectivity index (χ2v) is 7.70. The van der Waals surface area contributed by atoms with Crippen LogP contribution in [0.2, 0.25) is 0 Å². The van der Waals surface area contributed by atoms with Crippen LogP contribution in [0.3, 0.4) is 0 Å². The van der Waals surface area contributed by atoms with Crippen LogP contribution in [-0.2, 0) is 12.7 Å². The van der Waals surface area contributed by atoms with Crippen LogP contribution in [0, 0.1) is 13.8 Å². The average molecular weight is 483 g/mol. The Morgan fingerprint density at radius 1 is 1.07 bits per heavy atom. The van der Waals surface area contributed by atoms with Gasteiger partial charge in [-0.2, -0.15) is 18.3 Å². The lowest BCUT2D eigenvalue weighted by Gasteiger charge is -2.13. The molecule has 3 rings (SSSR count). The van der Waals surface area contributed by atoms with E-state index in [2.05, 4.69) is 31.7 Å². The summed E-state index contributed by atoms with van der Waals surface area (Å²) in [6.45, 7) is 4.51. The number of hydrogen-bond donors (Lipinski definition) is 2. The van der Waals surface area contributed by atoms with E-state index in [1.165, 1.54) is 12.1 Å². The predicted molar refractivity (Wildman–Crippen MR) is 116 cm³/mol. The van der Waals surface area contributed by atoms with Crippen molar-refractivity contribution in [3.05, 3.63) is 75.5 Å². The SMILES string of the molecule is Cc1nn(Cc2cccc(NC(=S)Nc3cccc(C(F)(F)F)c3)c2)c(C)c1Br. The maximum absolute atomic E-state index is 12.8. The molecule has 0 aliphatic carbocycles. The van der Waals surface area contributed by atoms with Gasteiger partial charge in [-0.25, -0.2) is 0 Å². The van der Waals surface area contributed by atoms with Gasteiger partial charge in [0, 0.05) is 11.4 Å². The quantitative estimate of drug-likeness (QED) is 0.438. The average Bonchev–Trinajstić information content (AvgIpc) is 2.88. The zero-order valence-corrected chi connectivity index (χ0v) is 18.0. The van der Waals surface area contributed by atoms with Crippen molar-refractivity contribution in [2.45, 2.75) is 26.6 Å². The summed E-state index contributed by atoms with van der Waals surface area (Å²) < 4.78 is 41.4. The van der Waals surface area contributed by atoms with E-state index in [0.29, 0.717) is 6.54 Å². The standard InChI is InChI=1S/C20H18BrF3N4S/c1-12-18(21)13(2)28(27-12)11-14-5-3-7-16(9-14)25-19(29)26-17-8-4-6-15(10-17)20(22,23)24/h3-10H,11H2,1-2H3,(H2,25,26,29). The zero-order chi connectivity index (χ0) is 21.2. The second-order valence-electron chi connectivity index (χ2n) is 6.50. The van der Waals surface area contributed by atoms with Crippen molar-refractivity contribution in [3.8, 4) is 0 Å². The van der Waals surface area contributed by atoms with E-state index >= 15 is 0 Å². The molecule has 0 bridgehead atoms. The molecule has 0 amide bonds. The molecule has 0 radical (unpaired) electrons. The number of aryl methyl sites for hydroxylation is 1. The molecule has 1 aromatic heterocycles. The molecule has 3 aromatic rings. The van der Waals surface area contributed by atoms with Crippen LogP contribution in [0.1, 0.15) is 22.5 Å². The molecule has 29 heavy (non-hydrogen) atoms. The van der Waals surface area contributed by atoms with E-state index in [1.807, 2.05) is 42.8 Å². The van der Waals surface area contributed by atoms with Crippen LogP contribution in [0.4, 0.5) is 24.5 Å². The number of alkyl halides is 3. The Labute approximate surface area is 180 Å². The molecule has 0 saturated carbocycles. The van der Waals surface area contributed by atoms with Gasteiger partial charge in [0.1, 0.15) is 0 Å². The number of nitrogens with one attached hydrogen (secondary N) is 2. The van der Waals surface area contributed by atoms with Crippen molar-refractivity contribution in [1.82, 2.24) is 9.78 Å². The molecule has 0 saturated heterocycles. The lowest BCUT2D eigenvalue weighted by Crippen LogP contribution is -2.19. The smallest absolute Gasteiger partial charge is 0.332 e. The number of halogens is 4. The molecule has 2 aromatic carbocycles. The topological polar surface area (TPSA) is 41.9 Å². The minimum atomic E-state index is -4.40. The highest BCUT2D eigenvalue weighted by molar-refractivity contribution is 9.10. The molecule has 0 atom stereocenters. The Balaban J connectivity index is 1.68. The van der Waals surface area contributed by atoms with Gasteiger partial charge >= 0.3 is 6.18 Å². The molecular weight excluding hydrogens is 465 g/mol. The zero-order valence-electron chi connectivity index (χ0n) is 15.6. The Morgan fingerprint density at radius 2 is 1.69 bits per heavy atom. The first kappa shape index (κ1) is 21.3. The monoisotopic (exact) mass is 482 g/mol. The van der Waals surface area contributed by atoms with Crippen LogP contribution in [-0.4, -0.2) is 14.9 Å².